The smallest absolute Gasteiger partial charge is 0.121 e. The third-order valence-electron chi connectivity index (χ3n) is 3.43. The fourth-order valence-electron chi connectivity index (χ4n) is 2.43. The zero-order valence-electron chi connectivity index (χ0n) is 12.4. The molecule has 21 heavy (non-hydrogen) atoms. The molecule has 0 aliphatic rings. The predicted octanol–water partition coefficient (Wildman–Crippen LogP) is 5.23. The van der Waals surface area contributed by atoms with Gasteiger partial charge in [0.25, 0.3) is 0 Å². The Morgan fingerprint density at radius 3 is 2.48 bits per heavy atom. The normalized spacial score (nSPS) is 12.2. The molecule has 1 atom stereocenters. The summed E-state index contributed by atoms with van der Waals surface area (Å²) in [6, 6.07) is 12.8. The molecule has 2 aromatic carbocycles. The Morgan fingerprint density at radius 1 is 1.14 bits per heavy atom. The molecule has 0 aromatic heterocycles. The number of methoxy groups -OCH3 is 1. The largest absolute Gasteiger partial charge is 0.496 e. The lowest BCUT2D eigenvalue weighted by molar-refractivity contribution is 0.411. The molecule has 0 saturated heterocycles. The summed E-state index contributed by atoms with van der Waals surface area (Å²) in [6.07, 6.45) is 0. The van der Waals surface area contributed by atoms with Crippen molar-refractivity contribution in [3.8, 4) is 5.75 Å². The average Bonchev–Trinajstić information content (AvgIpc) is 2.45. The topological polar surface area (TPSA) is 21.3 Å². The Hall–Kier alpha value is -0.840. The molecule has 1 N–H and O–H groups in total. The maximum atomic E-state index is 5.35. The minimum absolute atomic E-state index is 0.155. The van der Waals surface area contributed by atoms with Crippen LogP contribution in [0.2, 0.25) is 0 Å². The summed E-state index contributed by atoms with van der Waals surface area (Å²) in [5.74, 6) is 0.920. The van der Waals surface area contributed by atoms with E-state index in [0.29, 0.717) is 0 Å². The highest BCUT2D eigenvalue weighted by molar-refractivity contribution is 9.11. The van der Waals surface area contributed by atoms with Crippen LogP contribution in [-0.2, 0) is 0 Å². The van der Waals surface area contributed by atoms with Crippen LogP contribution in [0, 0.1) is 6.92 Å². The molecule has 0 aliphatic carbocycles. The molecule has 0 fully saturated rings. The van der Waals surface area contributed by atoms with Crippen LogP contribution in [0.15, 0.2) is 45.3 Å². The van der Waals surface area contributed by atoms with Crippen molar-refractivity contribution in [3.05, 3.63) is 62.0 Å². The molecule has 2 aromatic rings. The Kier molecular flexibility index (Phi) is 5.85. The van der Waals surface area contributed by atoms with Gasteiger partial charge in [0, 0.05) is 8.95 Å². The molecule has 2 nitrogen and oxygen atoms in total. The molecule has 0 spiro atoms. The summed E-state index contributed by atoms with van der Waals surface area (Å²) < 4.78 is 7.51. The van der Waals surface area contributed by atoms with Gasteiger partial charge in [0.15, 0.2) is 0 Å². The van der Waals surface area contributed by atoms with Crippen molar-refractivity contribution in [1.82, 2.24) is 5.32 Å². The van der Waals surface area contributed by atoms with E-state index >= 15 is 0 Å². The summed E-state index contributed by atoms with van der Waals surface area (Å²) in [5, 5.41) is 3.55. The third-order valence-corrected chi connectivity index (χ3v) is 4.61. The lowest BCUT2D eigenvalue weighted by Crippen LogP contribution is -2.22. The van der Waals surface area contributed by atoms with Gasteiger partial charge in [-0.25, -0.2) is 0 Å². The molecule has 0 heterocycles. The molecule has 0 aliphatic heterocycles. The summed E-state index contributed by atoms with van der Waals surface area (Å²) in [6.45, 7) is 5.09. The monoisotopic (exact) mass is 411 g/mol. The van der Waals surface area contributed by atoms with Crippen LogP contribution in [0.1, 0.15) is 29.7 Å². The highest BCUT2D eigenvalue weighted by Gasteiger charge is 2.17. The second kappa shape index (κ2) is 7.43. The maximum Gasteiger partial charge on any atom is 0.121 e. The van der Waals surface area contributed by atoms with Crippen LogP contribution in [-0.4, -0.2) is 13.7 Å². The molecule has 2 rings (SSSR count). The zero-order chi connectivity index (χ0) is 15.4. The van der Waals surface area contributed by atoms with Gasteiger partial charge in [0.05, 0.1) is 13.2 Å². The first-order valence-electron chi connectivity index (χ1n) is 6.89. The SMILES string of the molecule is CCNC(c1ccc(OC)c(C)c1)c1ccc(Br)cc1Br. The van der Waals surface area contributed by atoms with E-state index in [1.807, 2.05) is 6.07 Å². The van der Waals surface area contributed by atoms with Crippen molar-refractivity contribution in [3.63, 3.8) is 0 Å². The molecule has 0 radical (unpaired) electrons. The summed E-state index contributed by atoms with van der Waals surface area (Å²) >= 11 is 7.17. The maximum absolute atomic E-state index is 5.35. The average molecular weight is 413 g/mol. The van der Waals surface area contributed by atoms with Gasteiger partial charge in [-0.2, -0.15) is 0 Å². The molecule has 1 unspecified atom stereocenters. The van der Waals surface area contributed by atoms with Gasteiger partial charge < -0.3 is 10.1 Å². The van der Waals surface area contributed by atoms with Gasteiger partial charge in [0.2, 0.25) is 0 Å². The molecule has 0 saturated carbocycles. The molecule has 112 valence electrons. The first kappa shape index (κ1) is 16.5. The van der Waals surface area contributed by atoms with Gasteiger partial charge >= 0.3 is 0 Å². The third kappa shape index (κ3) is 3.87. The lowest BCUT2D eigenvalue weighted by Gasteiger charge is -2.21. The Morgan fingerprint density at radius 2 is 1.90 bits per heavy atom. The fourth-order valence-corrected chi connectivity index (χ4v) is 3.70. The van der Waals surface area contributed by atoms with Crippen molar-refractivity contribution < 1.29 is 4.74 Å². The Bertz CT molecular complexity index is 628. The van der Waals surface area contributed by atoms with Crippen LogP contribution in [0.3, 0.4) is 0 Å². The fraction of sp³-hybridized carbons (Fsp3) is 0.294. The van der Waals surface area contributed by atoms with Crippen molar-refractivity contribution >= 4 is 31.9 Å². The Balaban J connectivity index is 2.45. The molecular formula is C17H19Br2NO. The van der Waals surface area contributed by atoms with E-state index < -0.39 is 0 Å². The molecular weight excluding hydrogens is 394 g/mol. The first-order chi connectivity index (χ1) is 10.1. The number of benzene rings is 2. The van der Waals surface area contributed by atoms with Crippen LogP contribution in [0.25, 0.3) is 0 Å². The number of rotatable bonds is 5. The number of hydrogen-bond acceptors (Lipinski definition) is 2. The predicted molar refractivity (Wildman–Crippen MR) is 95.1 cm³/mol. The Labute approximate surface area is 143 Å². The van der Waals surface area contributed by atoms with Gasteiger partial charge in [-0.1, -0.05) is 57.0 Å². The first-order valence-corrected chi connectivity index (χ1v) is 8.48. The van der Waals surface area contributed by atoms with Gasteiger partial charge in [0.1, 0.15) is 5.75 Å². The van der Waals surface area contributed by atoms with E-state index in [0.717, 1.165) is 26.8 Å². The van der Waals surface area contributed by atoms with E-state index in [-0.39, 0.29) is 6.04 Å². The molecule has 4 heteroatoms. The standard InChI is InChI=1S/C17H19Br2NO/c1-4-20-17(14-7-6-13(18)10-15(14)19)12-5-8-16(21-3)11(2)9-12/h5-10,17,20H,4H2,1-3H3. The second-order valence-corrected chi connectivity index (χ2v) is 6.66. The van der Waals surface area contributed by atoms with Crippen molar-refractivity contribution in [2.24, 2.45) is 0 Å². The van der Waals surface area contributed by atoms with Gasteiger partial charge in [-0.05, 0) is 48.4 Å². The van der Waals surface area contributed by atoms with E-state index in [2.05, 4.69) is 81.4 Å². The summed E-state index contributed by atoms with van der Waals surface area (Å²) in [5.41, 5.74) is 3.61. The number of ether oxygens (including phenoxy) is 1. The van der Waals surface area contributed by atoms with Crippen LogP contribution in [0.4, 0.5) is 0 Å². The van der Waals surface area contributed by atoms with E-state index in [4.69, 9.17) is 4.74 Å². The van der Waals surface area contributed by atoms with Crippen LogP contribution in [0.5, 0.6) is 5.75 Å². The molecule has 0 bridgehead atoms. The van der Waals surface area contributed by atoms with Crippen molar-refractivity contribution in [1.29, 1.82) is 0 Å². The number of halogens is 2. The number of hydrogen-bond donors (Lipinski definition) is 1. The van der Waals surface area contributed by atoms with E-state index in [9.17, 15) is 0 Å². The van der Waals surface area contributed by atoms with E-state index in [1.54, 1.807) is 7.11 Å². The summed E-state index contributed by atoms with van der Waals surface area (Å²) in [4.78, 5) is 0. The van der Waals surface area contributed by atoms with Gasteiger partial charge in [-0.3, -0.25) is 0 Å². The minimum atomic E-state index is 0.155. The highest BCUT2D eigenvalue weighted by atomic mass is 79.9. The van der Waals surface area contributed by atoms with Crippen molar-refractivity contribution in [2.45, 2.75) is 19.9 Å². The van der Waals surface area contributed by atoms with Crippen LogP contribution >= 0.6 is 31.9 Å². The number of nitrogens with one attached hydrogen (secondary N) is 1. The van der Waals surface area contributed by atoms with Crippen LogP contribution < -0.4 is 10.1 Å². The second-order valence-electron chi connectivity index (χ2n) is 4.89. The number of aryl methyl sites for hydroxylation is 1. The lowest BCUT2D eigenvalue weighted by atomic mass is 9.97. The quantitative estimate of drug-likeness (QED) is 0.725. The van der Waals surface area contributed by atoms with Gasteiger partial charge in [-0.15, -0.1) is 0 Å². The summed E-state index contributed by atoms with van der Waals surface area (Å²) in [7, 11) is 1.70. The van der Waals surface area contributed by atoms with E-state index in [1.165, 1.54) is 11.1 Å². The van der Waals surface area contributed by atoms with Crippen molar-refractivity contribution in [2.75, 3.05) is 13.7 Å². The molecule has 0 amide bonds. The highest BCUT2D eigenvalue weighted by Crippen LogP contribution is 2.32. The zero-order valence-corrected chi connectivity index (χ0v) is 15.6. The minimum Gasteiger partial charge on any atom is -0.496 e.